The Morgan fingerprint density at radius 1 is 1.05 bits per heavy atom. The molecule has 0 saturated carbocycles. The fourth-order valence-electron chi connectivity index (χ4n) is 1.97. The van der Waals surface area contributed by atoms with E-state index in [4.69, 9.17) is 4.74 Å². The van der Waals surface area contributed by atoms with E-state index in [1.54, 1.807) is 0 Å². The van der Waals surface area contributed by atoms with Crippen LogP contribution in [0.2, 0.25) is 0 Å². The third kappa shape index (κ3) is 5.30. The molecule has 0 atom stereocenters. The van der Waals surface area contributed by atoms with E-state index >= 15 is 0 Å². The van der Waals surface area contributed by atoms with Crippen molar-refractivity contribution in [1.82, 2.24) is 5.32 Å². The van der Waals surface area contributed by atoms with Gasteiger partial charge in [-0.15, -0.1) is 0 Å². The molecule has 1 amide bonds. The first-order chi connectivity index (χ1) is 10.3. The van der Waals surface area contributed by atoms with Gasteiger partial charge in [-0.05, 0) is 36.2 Å². The summed E-state index contributed by atoms with van der Waals surface area (Å²) in [7, 11) is 0. The number of para-hydroxylation sites is 1. The van der Waals surface area contributed by atoms with Crippen LogP contribution in [0.1, 0.15) is 31.7 Å². The van der Waals surface area contributed by atoms with Gasteiger partial charge in [0.05, 0.1) is 0 Å². The van der Waals surface area contributed by atoms with E-state index in [1.165, 1.54) is 0 Å². The number of rotatable bonds is 7. The summed E-state index contributed by atoms with van der Waals surface area (Å²) in [6.45, 7) is 2.62. The van der Waals surface area contributed by atoms with Crippen LogP contribution in [0.3, 0.4) is 0 Å². The molecule has 0 fully saturated rings. The van der Waals surface area contributed by atoms with E-state index < -0.39 is 0 Å². The van der Waals surface area contributed by atoms with E-state index in [0.29, 0.717) is 13.0 Å². The van der Waals surface area contributed by atoms with Crippen LogP contribution in [0, 0.1) is 0 Å². The first-order valence-electron chi connectivity index (χ1n) is 7.36. The van der Waals surface area contributed by atoms with Crippen molar-refractivity contribution >= 4 is 5.91 Å². The molecule has 0 aliphatic rings. The van der Waals surface area contributed by atoms with Crippen LogP contribution in [0.5, 0.6) is 11.5 Å². The predicted molar refractivity (Wildman–Crippen MR) is 84.3 cm³/mol. The lowest BCUT2D eigenvalue weighted by molar-refractivity contribution is -0.121. The minimum absolute atomic E-state index is 0.103. The average Bonchev–Trinajstić information content (AvgIpc) is 2.52. The predicted octanol–water partition coefficient (Wildman–Crippen LogP) is 4.29. The van der Waals surface area contributed by atoms with Gasteiger partial charge in [0.2, 0.25) is 5.91 Å². The Kier molecular flexibility index (Phi) is 5.83. The summed E-state index contributed by atoms with van der Waals surface area (Å²) in [5.41, 5.74) is 1.04. The van der Waals surface area contributed by atoms with E-state index in [2.05, 4.69) is 12.2 Å². The molecule has 0 radical (unpaired) electrons. The Morgan fingerprint density at radius 3 is 2.57 bits per heavy atom. The summed E-state index contributed by atoms with van der Waals surface area (Å²) in [6.07, 6.45) is 2.56. The molecule has 2 aromatic carbocycles. The fourth-order valence-corrected chi connectivity index (χ4v) is 1.97. The summed E-state index contributed by atoms with van der Waals surface area (Å²) in [5.74, 6) is 1.69. The molecule has 21 heavy (non-hydrogen) atoms. The Bertz CT molecular complexity index is 566. The van der Waals surface area contributed by atoms with Crippen molar-refractivity contribution in [3.8, 4) is 11.5 Å². The minimum Gasteiger partial charge on any atom is -0.457 e. The fraction of sp³-hybridized carbons (Fsp3) is 0.278. The second-order valence-corrected chi connectivity index (χ2v) is 4.94. The number of unbranched alkanes of at least 4 members (excludes halogenated alkanes) is 1. The molecule has 2 rings (SSSR count). The number of benzene rings is 2. The van der Waals surface area contributed by atoms with Gasteiger partial charge in [0.1, 0.15) is 11.5 Å². The van der Waals surface area contributed by atoms with Crippen LogP contribution in [0.15, 0.2) is 54.6 Å². The lowest BCUT2D eigenvalue weighted by Gasteiger charge is -2.08. The Balaban J connectivity index is 1.90. The van der Waals surface area contributed by atoms with E-state index in [1.807, 2.05) is 54.6 Å². The van der Waals surface area contributed by atoms with Gasteiger partial charge in [0.25, 0.3) is 0 Å². The summed E-state index contributed by atoms with van der Waals surface area (Å²) < 4.78 is 5.78. The van der Waals surface area contributed by atoms with Gasteiger partial charge in [-0.2, -0.15) is 0 Å². The molecule has 0 spiro atoms. The molecule has 2 aromatic rings. The van der Waals surface area contributed by atoms with Crippen molar-refractivity contribution in [2.45, 2.75) is 32.7 Å². The second kappa shape index (κ2) is 8.10. The zero-order valence-corrected chi connectivity index (χ0v) is 12.3. The van der Waals surface area contributed by atoms with Crippen molar-refractivity contribution in [3.63, 3.8) is 0 Å². The molecule has 0 unspecified atom stereocenters. The summed E-state index contributed by atoms with van der Waals surface area (Å²) >= 11 is 0. The Morgan fingerprint density at radius 2 is 1.81 bits per heavy atom. The van der Waals surface area contributed by atoms with Gasteiger partial charge >= 0.3 is 0 Å². The summed E-state index contributed by atoms with van der Waals surface area (Å²) in [4.78, 5) is 11.6. The number of ether oxygens (including phenoxy) is 1. The van der Waals surface area contributed by atoms with E-state index in [-0.39, 0.29) is 5.91 Å². The standard InChI is InChI=1S/C18H21NO2/c1-2-3-12-18(20)19-14-15-8-7-11-17(13-15)21-16-9-5-4-6-10-16/h4-11,13H,2-3,12,14H2,1H3,(H,19,20). The van der Waals surface area contributed by atoms with Crippen LogP contribution >= 0.6 is 0 Å². The summed E-state index contributed by atoms with van der Waals surface area (Å²) in [5, 5.41) is 2.93. The topological polar surface area (TPSA) is 38.3 Å². The third-order valence-corrected chi connectivity index (χ3v) is 3.12. The van der Waals surface area contributed by atoms with Gasteiger partial charge in [0.15, 0.2) is 0 Å². The first-order valence-corrected chi connectivity index (χ1v) is 7.36. The van der Waals surface area contributed by atoms with E-state index in [0.717, 1.165) is 29.9 Å². The van der Waals surface area contributed by atoms with Crippen molar-refractivity contribution in [2.24, 2.45) is 0 Å². The molecule has 0 aromatic heterocycles. The lowest BCUT2D eigenvalue weighted by atomic mass is 10.2. The SMILES string of the molecule is CCCCC(=O)NCc1cccc(Oc2ccccc2)c1. The largest absolute Gasteiger partial charge is 0.457 e. The molecule has 110 valence electrons. The van der Waals surface area contributed by atoms with Gasteiger partial charge in [0, 0.05) is 13.0 Å². The number of hydrogen-bond acceptors (Lipinski definition) is 2. The smallest absolute Gasteiger partial charge is 0.220 e. The zero-order valence-electron chi connectivity index (χ0n) is 12.3. The number of carbonyl (C=O) groups excluding carboxylic acids is 1. The van der Waals surface area contributed by atoms with Crippen LogP contribution in [-0.2, 0) is 11.3 Å². The van der Waals surface area contributed by atoms with Crippen LogP contribution < -0.4 is 10.1 Å². The monoisotopic (exact) mass is 283 g/mol. The molecule has 0 aliphatic carbocycles. The zero-order chi connectivity index (χ0) is 14.9. The molecular weight excluding hydrogens is 262 g/mol. The number of amides is 1. The highest BCUT2D eigenvalue weighted by molar-refractivity contribution is 5.75. The third-order valence-electron chi connectivity index (χ3n) is 3.12. The van der Waals surface area contributed by atoms with Gasteiger partial charge in [-0.3, -0.25) is 4.79 Å². The van der Waals surface area contributed by atoms with Crippen LogP contribution in [0.25, 0.3) is 0 Å². The quantitative estimate of drug-likeness (QED) is 0.823. The molecule has 3 nitrogen and oxygen atoms in total. The highest BCUT2D eigenvalue weighted by Gasteiger charge is 2.02. The van der Waals surface area contributed by atoms with Gasteiger partial charge in [-0.25, -0.2) is 0 Å². The Labute approximate surface area is 126 Å². The summed E-state index contributed by atoms with van der Waals surface area (Å²) in [6, 6.07) is 17.4. The highest BCUT2D eigenvalue weighted by Crippen LogP contribution is 2.21. The van der Waals surface area contributed by atoms with Crippen LogP contribution in [0.4, 0.5) is 0 Å². The maximum Gasteiger partial charge on any atom is 0.220 e. The van der Waals surface area contributed by atoms with Gasteiger partial charge < -0.3 is 10.1 Å². The number of hydrogen-bond donors (Lipinski definition) is 1. The second-order valence-electron chi connectivity index (χ2n) is 4.94. The minimum atomic E-state index is 0.103. The molecular formula is C18H21NO2. The van der Waals surface area contributed by atoms with Crippen molar-refractivity contribution in [1.29, 1.82) is 0 Å². The number of carbonyl (C=O) groups is 1. The maximum atomic E-state index is 11.6. The molecule has 0 aliphatic heterocycles. The first kappa shape index (κ1) is 15.1. The highest BCUT2D eigenvalue weighted by atomic mass is 16.5. The van der Waals surface area contributed by atoms with E-state index in [9.17, 15) is 4.79 Å². The normalized spacial score (nSPS) is 10.1. The van der Waals surface area contributed by atoms with Crippen molar-refractivity contribution < 1.29 is 9.53 Å². The molecule has 3 heteroatoms. The average molecular weight is 283 g/mol. The van der Waals surface area contributed by atoms with Crippen molar-refractivity contribution in [2.75, 3.05) is 0 Å². The molecule has 0 saturated heterocycles. The van der Waals surface area contributed by atoms with Gasteiger partial charge in [-0.1, -0.05) is 43.7 Å². The molecule has 0 bridgehead atoms. The maximum absolute atomic E-state index is 11.6. The lowest BCUT2D eigenvalue weighted by Crippen LogP contribution is -2.22. The number of nitrogens with one attached hydrogen (secondary N) is 1. The van der Waals surface area contributed by atoms with Crippen molar-refractivity contribution in [3.05, 3.63) is 60.2 Å². The van der Waals surface area contributed by atoms with Crippen LogP contribution in [-0.4, -0.2) is 5.91 Å². The molecule has 0 heterocycles. The molecule has 1 N–H and O–H groups in total. The Hall–Kier alpha value is -2.29.